The second-order valence-electron chi connectivity index (χ2n) is 5.74. The highest BCUT2D eigenvalue weighted by Gasteiger charge is 2.40. The van der Waals surface area contributed by atoms with Crippen molar-refractivity contribution in [1.82, 2.24) is 0 Å². The van der Waals surface area contributed by atoms with Gasteiger partial charge in [-0.2, -0.15) is 20.2 Å². The molecule has 0 radical (unpaired) electrons. The number of carboxylic acid groups (broad SMARTS) is 1. The molecule has 0 fully saturated rings. The molecule has 0 saturated heterocycles. The van der Waals surface area contributed by atoms with Gasteiger partial charge < -0.3 is 10.8 Å². The van der Waals surface area contributed by atoms with E-state index in [-0.39, 0.29) is 11.1 Å². The summed E-state index contributed by atoms with van der Waals surface area (Å²) in [6.07, 6.45) is 4.72. The largest absolute Gasteiger partial charge is 0.480 e. The Morgan fingerprint density at radius 3 is 2.46 bits per heavy atom. The number of aliphatic carboxylic acids is 1. The molecule has 2 atom stereocenters. The average molecular weight is 428 g/mol. The van der Waals surface area contributed by atoms with Crippen LogP contribution in [0, 0.1) is 0 Å². The smallest absolute Gasteiger partial charge is 0.320 e. The van der Waals surface area contributed by atoms with Gasteiger partial charge in [0.2, 0.25) is 0 Å². The van der Waals surface area contributed by atoms with Crippen LogP contribution < -0.4 is 5.73 Å². The fourth-order valence-electron chi connectivity index (χ4n) is 2.36. The molecule has 1 aromatic carbocycles. The van der Waals surface area contributed by atoms with E-state index in [9.17, 15) is 27.4 Å². The van der Waals surface area contributed by atoms with Gasteiger partial charge in [0, 0.05) is 0 Å². The van der Waals surface area contributed by atoms with Crippen LogP contribution in [0.4, 0.5) is 0 Å². The van der Waals surface area contributed by atoms with E-state index in [2.05, 4.69) is 6.58 Å². The molecule has 0 aromatic heterocycles. The zero-order chi connectivity index (χ0) is 21.5. The molecule has 1 unspecified atom stereocenters. The third-order valence-electron chi connectivity index (χ3n) is 3.78. The van der Waals surface area contributed by atoms with Crippen LogP contribution in [0.15, 0.2) is 42.5 Å². The maximum Gasteiger partial charge on any atom is 0.320 e. The lowest BCUT2D eigenvalue weighted by Gasteiger charge is -2.21. The van der Waals surface area contributed by atoms with Gasteiger partial charge in [-0.25, -0.2) is 0 Å². The number of allylic oxidation sites excluding steroid dienone is 2. The zero-order valence-electron chi connectivity index (χ0n) is 15.1. The van der Waals surface area contributed by atoms with Crippen molar-refractivity contribution in [1.29, 1.82) is 0 Å². The van der Waals surface area contributed by atoms with Gasteiger partial charge in [-0.1, -0.05) is 30.8 Å². The molecule has 4 N–H and O–H groups in total. The van der Waals surface area contributed by atoms with Crippen LogP contribution in [-0.2, 0) is 24.5 Å². The van der Waals surface area contributed by atoms with Crippen molar-refractivity contribution in [2.24, 2.45) is 5.73 Å². The number of nitrogens with two attached hydrogens (primary N) is 1. The van der Waals surface area contributed by atoms with Crippen LogP contribution in [0.3, 0.4) is 0 Å². The number of fused-ring (bicyclic) bond motifs is 1. The molecular weight excluding hydrogens is 406 g/mol. The van der Waals surface area contributed by atoms with E-state index in [1.165, 1.54) is 12.1 Å². The van der Waals surface area contributed by atoms with Crippen LogP contribution in [0.25, 0.3) is 6.08 Å². The summed E-state index contributed by atoms with van der Waals surface area (Å²) in [6.45, 7) is 3.26. The molecule has 1 aromatic rings. The first-order chi connectivity index (χ1) is 13.0. The van der Waals surface area contributed by atoms with Crippen molar-refractivity contribution in [2.45, 2.75) is 17.7 Å². The highest BCUT2D eigenvalue weighted by Crippen LogP contribution is 2.34. The van der Waals surface area contributed by atoms with Crippen molar-refractivity contribution in [2.75, 3.05) is 12.0 Å². The number of ketones is 2. The van der Waals surface area contributed by atoms with E-state index in [0.29, 0.717) is 12.0 Å². The second kappa shape index (κ2) is 10.3. The van der Waals surface area contributed by atoms with Gasteiger partial charge in [0.05, 0.1) is 5.57 Å². The minimum absolute atomic E-state index is 0.163. The Morgan fingerprint density at radius 1 is 1.36 bits per heavy atom. The molecule has 0 saturated carbocycles. The summed E-state index contributed by atoms with van der Waals surface area (Å²) in [5.74, 6) is -1.71. The quantitative estimate of drug-likeness (QED) is 0.334. The highest BCUT2D eigenvalue weighted by molar-refractivity contribution is 7.98. The third kappa shape index (κ3) is 6.13. The molecule has 0 aliphatic heterocycles. The summed E-state index contributed by atoms with van der Waals surface area (Å²) in [4.78, 5) is 33.7. The van der Waals surface area contributed by atoms with E-state index in [1.807, 2.05) is 6.26 Å². The molecule has 0 bridgehead atoms. The van der Waals surface area contributed by atoms with Crippen LogP contribution in [0.5, 0.6) is 0 Å². The van der Waals surface area contributed by atoms with E-state index in [0.717, 1.165) is 11.8 Å². The highest BCUT2D eigenvalue weighted by atomic mass is 32.2. The number of carbonyl (C=O) groups is 3. The molecule has 0 spiro atoms. The van der Waals surface area contributed by atoms with Gasteiger partial charge in [-0.15, -0.1) is 0 Å². The summed E-state index contributed by atoms with van der Waals surface area (Å²) in [6, 6.07) is 5.51. The Balaban J connectivity index is 0.000000370. The maximum atomic E-state index is 12.1. The number of carbonyl (C=O) groups excluding carboxylic acids is 2. The Morgan fingerprint density at radius 2 is 1.96 bits per heavy atom. The van der Waals surface area contributed by atoms with E-state index < -0.39 is 38.9 Å². The number of carboxylic acids is 1. The number of rotatable bonds is 7. The van der Waals surface area contributed by atoms with Crippen LogP contribution in [0.1, 0.15) is 22.8 Å². The fraction of sp³-hybridized carbons (Fsp3) is 0.278. The van der Waals surface area contributed by atoms with Crippen LogP contribution >= 0.6 is 11.8 Å². The van der Waals surface area contributed by atoms with Gasteiger partial charge >= 0.3 is 5.97 Å². The van der Waals surface area contributed by atoms with E-state index in [1.54, 1.807) is 30.0 Å². The Labute approximate surface area is 167 Å². The molecule has 8 nitrogen and oxygen atoms in total. The van der Waals surface area contributed by atoms with Crippen LogP contribution in [0.2, 0.25) is 0 Å². The summed E-state index contributed by atoms with van der Waals surface area (Å²) in [7, 11) is -4.64. The average Bonchev–Trinajstić information content (AvgIpc) is 2.64. The van der Waals surface area contributed by atoms with Gasteiger partial charge in [-0.05, 0) is 41.7 Å². The van der Waals surface area contributed by atoms with Crippen molar-refractivity contribution in [3.8, 4) is 0 Å². The number of hydrogen-bond donors (Lipinski definition) is 3. The number of thioether (sulfide) groups is 1. The third-order valence-corrected chi connectivity index (χ3v) is 5.49. The van der Waals surface area contributed by atoms with Crippen molar-refractivity contribution in [3.63, 3.8) is 0 Å². The molecule has 0 heterocycles. The predicted molar refractivity (Wildman–Crippen MR) is 108 cm³/mol. The molecule has 10 heteroatoms. The van der Waals surface area contributed by atoms with Gasteiger partial charge in [0.25, 0.3) is 10.1 Å². The van der Waals surface area contributed by atoms with E-state index in [4.69, 9.17) is 10.8 Å². The lowest BCUT2D eigenvalue weighted by molar-refractivity contribution is -0.138. The molecular formula is C18H21NO7S2. The summed E-state index contributed by atoms with van der Waals surface area (Å²) < 4.78 is 32.0. The summed E-state index contributed by atoms with van der Waals surface area (Å²) in [5, 5.41) is 6.52. The van der Waals surface area contributed by atoms with Gasteiger partial charge in [0.1, 0.15) is 6.04 Å². The Kier molecular flexibility index (Phi) is 8.76. The van der Waals surface area contributed by atoms with Crippen LogP contribution in [-0.4, -0.2) is 53.7 Å². The van der Waals surface area contributed by atoms with E-state index >= 15 is 0 Å². The standard InChI is InChI=1S/C13H10O5S.C5H11NO2S/c1-2-11(14)10-7-8-5-3-4-6-9(8)13(12(10)15)19(16,17)18;1-9-3-2-4(6)5(7)8/h2-7,13H,1H2,(H,16,17,18);4H,2-3,6H2,1H3,(H,7,8)/t;4-/m.0/s1. The minimum atomic E-state index is -4.64. The summed E-state index contributed by atoms with van der Waals surface area (Å²) >= 11 is 1.60. The monoisotopic (exact) mass is 427 g/mol. The SMILES string of the molecule is C=CC(=O)C1=Cc2ccccc2C(S(=O)(=O)O)C1=O.CSCC[C@H](N)C(=O)O. The minimum Gasteiger partial charge on any atom is -0.480 e. The first-order valence-corrected chi connectivity index (χ1v) is 10.9. The van der Waals surface area contributed by atoms with Gasteiger partial charge in [-0.3, -0.25) is 18.9 Å². The zero-order valence-corrected chi connectivity index (χ0v) is 16.7. The molecule has 1 aliphatic rings. The van der Waals surface area contributed by atoms with Crippen molar-refractivity contribution < 1.29 is 32.5 Å². The summed E-state index contributed by atoms with van der Waals surface area (Å²) in [5.41, 5.74) is 5.47. The molecule has 28 heavy (non-hydrogen) atoms. The lowest BCUT2D eigenvalue weighted by Crippen LogP contribution is -2.30. The number of hydrogen-bond acceptors (Lipinski definition) is 7. The Bertz CT molecular complexity index is 906. The normalized spacial score (nSPS) is 16.8. The molecule has 1 aliphatic carbocycles. The lowest BCUT2D eigenvalue weighted by atomic mass is 9.89. The molecule has 152 valence electrons. The number of Topliss-reactive ketones (excluding diaryl/α,β-unsaturated/α-hetero) is 1. The topological polar surface area (TPSA) is 152 Å². The Hall–Kier alpha value is -2.27. The fourth-order valence-corrected chi connectivity index (χ4v) is 3.78. The first-order valence-electron chi connectivity index (χ1n) is 7.99. The van der Waals surface area contributed by atoms with Crippen molar-refractivity contribution in [3.05, 3.63) is 53.6 Å². The first kappa shape index (κ1) is 23.8. The van der Waals surface area contributed by atoms with Gasteiger partial charge in [0.15, 0.2) is 16.8 Å². The molecule has 0 amide bonds. The predicted octanol–water partition coefficient (Wildman–Crippen LogP) is 1.49. The van der Waals surface area contributed by atoms with Crippen molar-refractivity contribution >= 4 is 45.5 Å². The maximum absolute atomic E-state index is 12.1. The molecule has 2 rings (SSSR count). The second-order valence-corrected chi connectivity index (χ2v) is 8.23. The number of benzene rings is 1.